The van der Waals surface area contributed by atoms with E-state index in [1.807, 2.05) is 54.6 Å². The van der Waals surface area contributed by atoms with Crippen LogP contribution in [0.2, 0.25) is 0 Å². The molecule has 1 saturated carbocycles. The standard InChI is InChI=1S/C31H30N2O4/c1-2-37-31(36)23-15-18-25-26(19-23)33-30(35)27(25)28(20-9-5-3-6-10-20)32-24-16-13-22(14-17-24)29(34)21-11-7-4-8-12-21/h3,5-6,9-10,13-19,21,32H,2,4,7-8,11-12H2,1H3,(H,33,35). The molecule has 188 valence electrons. The minimum absolute atomic E-state index is 0.118. The van der Waals surface area contributed by atoms with Gasteiger partial charge in [-0.1, -0.05) is 55.7 Å². The van der Waals surface area contributed by atoms with Crippen LogP contribution in [0, 0.1) is 5.92 Å². The van der Waals surface area contributed by atoms with Crippen molar-refractivity contribution in [3.05, 3.63) is 95.1 Å². The predicted octanol–water partition coefficient (Wildman–Crippen LogP) is 6.56. The van der Waals surface area contributed by atoms with Crippen molar-refractivity contribution in [3.63, 3.8) is 0 Å². The molecular formula is C31H30N2O4. The summed E-state index contributed by atoms with van der Waals surface area (Å²) in [4.78, 5) is 38.3. The zero-order valence-corrected chi connectivity index (χ0v) is 20.9. The van der Waals surface area contributed by atoms with Gasteiger partial charge >= 0.3 is 5.97 Å². The Bertz CT molecular complexity index is 1350. The molecule has 0 aromatic heterocycles. The van der Waals surface area contributed by atoms with E-state index in [1.54, 1.807) is 25.1 Å². The Morgan fingerprint density at radius 3 is 2.30 bits per heavy atom. The Morgan fingerprint density at radius 1 is 0.892 bits per heavy atom. The third kappa shape index (κ3) is 5.19. The largest absolute Gasteiger partial charge is 0.462 e. The molecule has 1 aliphatic carbocycles. The Balaban J connectivity index is 1.48. The van der Waals surface area contributed by atoms with Crippen molar-refractivity contribution in [2.24, 2.45) is 5.92 Å². The van der Waals surface area contributed by atoms with Gasteiger partial charge in [-0.25, -0.2) is 4.79 Å². The number of hydrogen-bond acceptors (Lipinski definition) is 5. The van der Waals surface area contributed by atoms with Gasteiger partial charge < -0.3 is 15.4 Å². The van der Waals surface area contributed by atoms with Crippen LogP contribution in [0.4, 0.5) is 11.4 Å². The molecule has 0 atom stereocenters. The third-order valence-electron chi connectivity index (χ3n) is 7.00. The van der Waals surface area contributed by atoms with E-state index in [0.717, 1.165) is 42.5 Å². The van der Waals surface area contributed by atoms with Gasteiger partial charge in [0.15, 0.2) is 5.78 Å². The first kappa shape index (κ1) is 24.5. The lowest BCUT2D eigenvalue weighted by atomic mass is 9.84. The van der Waals surface area contributed by atoms with Gasteiger partial charge in [-0.05, 0) is 61.7 Å². The van der Waals surface area contributed by atoms with Gasteiger partial charge in [0, 0.05) is 22.7 Å². The molecule has 0 saturated heterocycles. The molecule has 1 heterocycles. The molecule has 6 nitrogen and oxygen atoms in total. The fourth-order valence-electron chi connectivity index (χ4n) is 5.11. The summed E-state index contributed by atoms with van der Waals surface area (Å²) in [6.45, 7) is 2.03. The summed E-state index contributed by atoms with van der Waals surface area (Å²) in [7, 11) is 0. The van der Waals surface area contributed by atoms with Gasteiger partial charge in [0.25, 0.3) is 5.91 Å². The van der Waals surface area contributed by atoms with Gasteiger partial charge in [-0.3, -0.25) is 9.59 Å². The summed E-state index contributed by atoms with van der Waals surface area (Å²) in [5, 5.41) is 6.32. The molecule has 0 spiro atoms. The Kier molecular flexibility index (Phi) is 7.17. The molecule has 1 fully saturated rings. The number of nitrogens with one attached hydrogen (secondary N) is 2. The van der Waals surface area contributed by atoms with Crippen molar-refractivity contribution < 1.29 is 19.1 Å². The number of Topliss-reactive ketones (excluding diaryl/α,β-unsaturated/α-hetero) is 1. The summed E-state index contributed by atoms with van der Waals surface area (Å²) in [5.74, 6) is -0.352. The fraction of sp³-hybridized carbons (Fsp3) is 0.258. The molecule has 5 rings (SSSR count). The van der Waals surface area contributed by atoms with Crippen LogP contribution >= 0.6 is 0 Å². The average Bonchev–Trinajstić information content (AvgIpc) is 3.27. The molecule has 2 N–H and O–H groups in total. The smallest absolute Gasteiger partial charge is 0.338 e. The highest BCUT2D eigenvalue weighted by molar-refractivity contribution is 6.37. The first-order chi connectivity index (χ1) is 18.0. The summed E-state index contributed by atoms with van der Waals surface area (Å²) in [6.07, 6.45) is 5.39. The van der Waals surface area contributed by atoms with E-state index < -0.39 is 5.97 Å². The SMILES string of the molecule is CCOC(=O)c1ccc2c(c1)NC(=O)C2=C(Nc1ccc(C(=O)C2CCCCC2)cc1)c1ccccc1. The Labute approximate surface area is 216 Å². The van der Waals surface area contributed by atoms with Gasteiger partial charge in [0.05, 0.1) is 29.1 Å². The van der Waals surface area contributed by atoms with Crippen LogP contribution in [-0.4, -0.2) is 24.3 Å². The van der Waals surface area contributed by atoms with E-state index in [4.69, 9.17) is 4.74 Å². The van der Waals surface area contributed by atoms with Gasteiger partial charge in [0.2, 0.25) is 0 Å². The van der Waals surface area contributed by atoms with Gasteiger partial charge in [-0.15, -0.1) is 0 Å². The maximum Gasteiger partial charge on any atom is 0.338 e. The van der Waals surface area contributed by atoms with Crippen LogP contribution in [0.3, 0.4) is 0 Å². The minimum Gasteiger partial charge on any atom is -0.462 e. The van der Waals surface area contributed by atoms with Gasteiger partial charge in [0.1, 0.15) is 0 Å². The zero-order chi connectivity index (χ0) is 25.8. The second kappa shape index (κ2) is 10.8. The summed E-state index contributed by atoms with van der Waals surface area (Å²) < 4.78 is 5.10. The van der Waals surface area contributed by atoms with Crippen LogP contribution in [0.25, 0.3) is 11.3 Å². The van der Waals surface area contributed by atoms with Crippen molar-refractivity contribution in [2.45, 2.75) is 39.0 Å². The van der Waals surface area contributed by atoms with Crippen molar-refractivity contribution in [3.8, 4) is 0 Å². The number of anilines is 2. The highest BCUT2D eigenvalue weighted by atomic mass is 16.5. The molecule has 3 aromatic carbocycles. The summed E-state index contributed by atoms with van der Waals surface area (Å²) in [5.41, 5.74) is 5.12. The van der Waals surface area contributed by atoms with Crippen molar-refractivity contribution >= 4 is 40.3 Å². The number of carbonyl (C=O) groups is 3. The van der Waals surface area contributed by atoms with E-state index in [1.165, 1.54) is 6.42 Å². The molecule has 6 heteroatoms. The predicted molar refractivity (Wildman–Crippen MR) is 145 cm³/mol. The second-order valence-electron chi connectivity index (χ2n) is 9.45. The highest BCUT2D eigenvalue weighted by Gasteiger charge is 2.29. The zero-order valence-electron chi connectivity index (χ0n) is 20.9. The third-order valence-corrected chi connectivity index (χ3v) is 7.00. The number of benzene rings is 3. The molecule has 3 aromatic rings. The van der Waals surface area contributed by atoms with Crippen LogP contribution in [0.1, 0.15) is 70.9 Å². The van der Waals surface area contributed by atoms with Crippen LogP contribution in [-0.2, 0) is 9.53 Å². The number of carbonyl (C=O) groups excluding carboxylic acids is 3. The molecule has 1 aliphatic heterocycles. The number of rotatable bonds is 7. The maximum atomic E-state index is 13.2. The maximum absolute atomic E-state index is 13.2. The molecule has 0 radical (unpaired) electrons. The number of hydrogen-bond donors (Lipinski definition) is 2. The number of ether oxygens (including phenoxy) is 1. The Hall–Kier alpha value is -4.19. The normalized spacial score (nSPS) is 16.5. The van der Waals surface area contributed by atoms with Crippen molar-refractivity contribution in [1.29, 1.82) is 0 Å². The minimum atomic E-state index is -0.429. The summed E-state index contributed by atoms with van der Waals surface area (Å²) in [6, 6.07) is 22.2. The molecule has 1 amide bonds. The lowest BCUT2D eigenvalue weighted by molar-refractivity contribution is -0.110. The quantitative estimate of drug-likeness (QED) is 0.221. The van der Waals surface area contributed by atoms with Crippen LogP contribution in [0.5, 0.6) is 0 Å². The monoisotopic (exact) mass is 494 g/mol. The molecule has 2 aliphatic rings. The second-order valence-corrected chi connectivity index (χ2v) is 9.45. The number of ketones is 1. The lowest BCUT2D eigenvalue weighted by Gasteiger charge is -2.20. The molecular weight excluding hydrogens is 464 g/mol. The molecule has 0 bridgehead atoms. The van der Waals surface area contributed by atoms with E-state index in [9.17, 15) is 14.4 Å². The number of fused-ring (bicyclic) bond motifs is 1. The first-order valence-electron chi connectivity index (χ1n) is 12.9. The van der Waals surface area contributed by atoms with E-state index in [-0.39, 0.29) is 24.2 Å². The van der Waals surface area contributed by atoms with Crippen LogP contribution in [0.15, 0.2) is 72.8 Å². The average molecular weight is 495 g/mol. The number of amides is 1. The van der Waals surface area contributed by atoms with Crippen molar-refractivity contribution in [2.75, 3.05) is 17.2 Å². The van der Waals surface area contributed by atoms with E-state index >= 15 is 0 Å². The topological polar surface area (TPSA) is 84.5 Å². The van der Waals surface area contributed by atoms with Crippen LogP contribution < -0.4 is 10.6 Å². The number of esters is 1. The fourth-order valence-corrected chi connectivity index (χ4v) is 5.11. The molecule has 0 unspecified atom stereocenters. The Morgan fingerprint density at radius 2 is 1.59 bits per heavy atom. The highest BCUT2D eigenvalue weighted by Crippen LogP contribution is 2.38. The summed E-state index contributed by atoms with van der Waals surface area (Å²) >= 11 is 0. The van der Waals surface area contributed by atoms with E-state index in [0.29, 0.717) is 28.1 Å². The first-order valence-corrected chi connectivity index (χ1v) is 12.9. The lowest BCUT2D eigenvalue weighted by Crippen LogP contribution is -2.17. The van der Waals surface area contributed by atoms with Crippen molar-refractivity contribution in [1.82, 2.24) is 0 Å². The van der Waals surface area contributed by atoms with E-state index in [2.05, 4.69) is 10.6 Å². The van der Waals surface area contributed by atoms with Gasteiger partial charge in [-0.2, -0.15) is 0 Å². The molecule has 37 heavy (non-hydrogen) atoms.